The van der Waals surface area contributed by atoms with Crippen LogP contribution in [0.5, 0.6) is 0 Å². The van der Waals surface area contributed by atoms with E-state index >= 15 is 0 Å². The van der Waals surface area contributed by atoms with Crippen LogP contribution in [-0.2, 0) is 16.2 Å². The highest BCUT2D eigenvalue weighted by atomic mass is 32.2. The second-order valence-electron chi connectivity index (χ2n) is 6.16. The van der Waals surface area contributed by atoms with E-state index in [-0.39, 0.29) is 22.5 Å². The Morgan fingerprint density at radius 2 is 1.96 bits per heavy atom. The second-order valence-corrected chi connectivity index (χ2v) is 9.20. The Hall–Kier alpha value is -1.74. The minimum atomic E-state index is -4.52. The predicted octanol–water partition coefficient (Wildman–Crippen LogP) is 3.94. The van der Waals surface area contributed by atoms with Gasteiger partial charge in [-0.3, -0.25) is 4.31 Å². The van der Waals surface area contributed by atoms with Gasteiger partial charge in [0.05, 0.1) is 23.5 Å². The Balaban J connectivity index is 1.88. The van der Waals surface area contributed by atoms with Crippen LogP contribution in [0.25, 0.3) is 0 Å². The molecule has 1 aromatic heterocycles. The van der Waals surface area contributed by atoms with Crippen molar-refractivity contribution in [2.45, 2.75) is 29.3 Å². The Kier molecular flexibility index (Phi) is 3.77. The fourth-order valence-electron chi connectivity index (χ4n) is 3.52. The molecule has 0 saturated carbocycles. The molecule has 0 radical (unpaired) electrons. The lowest BCUT2D eigenvalue weighted by molar-refractivity contribution is -0.137. The Morgan fingerprint density at radius 3 is 2.64 bits per heavy atom. The summed E-state index contributed by atoms with van der Waals surface area (Å²) in [7, 11) is -3.88. The van der Waals surface area contributed by atoms with Gasteiger partial charge >= 0.3 is 6.18 Å². The first-order valence-corrected chi connectivity index (χ1v) is 10.1. The molecule has 0 N–H and O–H groups in total. The summed E-state index contributed by atoms with van der Waals surface area (Å²) in [4.78, 5) is 2.02. The predicted molar refractivity (Wildman–Crippen MR) is 90.7 cm³/mol. The maximum Gasteiger partial charge on any atom is 0.416 e. The van der Waals surface area contributed by atoms with Crippen LogP contribution >= 0.6 is 11.3 Å². The zero-order chi connectivity index (χ0) is 17.8. The van der Waals surface area contributed by atoms with Gasteiger partial charge < -0.3 is 4.90 Å². The average molecular weight is 388 g/mol. The number of rotatable bonds is 2. The van der Waals surface area contributed by atoms with E-state index < -0.39 is 21.8 Å². The van der Waals surface area contributed by atoms with Gasteiger partial charge in [0, 0.05) is 12.6 Å². The monoisotopic (exact) mass is 388 g/mol. The first-order valence-electron chi connectivity index (χ1n) is 7.82. The molecular formula is C16H15F3N2O2S2. The zero-order valence-electron chi connectivity index (χ0n) is 13.0. The van der Waals surface area contributed by atoms with E-state index in [1.54, 1.807) is 11.4 Å². The lowest BCUT2D eigenvalue weighted by Gasteiger charge is -2.40. The van der Waals surface area contributed by atoms with Crippen LogP contribution in [0.2, 0.25) is 0 Å². The Labute approximate surface area is 147 Å². The molecule has 134 valence electrons. The lowest BCUT2D eigenvalue weighted by Crippen LogP contribution is -2.48. The second kappa shape index (κ2) is 5.63. The number of alkyl halides is 3. The summed E-state index contributed by atoms with van der Waals surface area (Å²) in [6, 6.07) is 6.47. The molecule has 1 aromatic carbocycles. The third-order valence-corrected chi connectivity index (χ3v) is 7.83. The lowest BCUT2D eigenvalue weighted by atomic mass is 10.1. The number of nitrogens with zero attached hydrogens (tertiary/aromatic N) is 2. The summed E-state index contributed by atoms with van der Waals surface area (Å²) in [5.41, 5.74) is -0.168. The molecule has 0 spiro atoms. The molecule has 9 heteroatoms. The normalized spacial score (nSPS) is 20.5. The van der Waals surface area contributed by atoms with Crippen LogP contribution in [0, 0.1) is 0 Å². The van der Waals surface area contributed by atoms with E-state index in [1.807, 2.05) is 4.90 Å². The van der Waals surface area contributed by atoms with Gasteiger partial charge in [-0.2, -0.15) is 13.2 Å². The topological polar surface area (TPSA) is 40.6 Å². The maximum atomic E-state index is 13.1. The number of thiophene rings is 1. The minimum absolute atomic E-state index is 0.000950. The summed E-state index contributed by atoms with van der Waals surface area (Å²) < 4.78 is 66.7. The van der Waals surface area contributed by atoms with Crippen molar-refractivity contribution in [2.75, 3.05) is 22.3 Å². The fraction of sp³-hybridized carbons (Fsp3) is 0.375. The van der Waals surface area contributed by atoms with Crippen LogP contribution in [-0.4, -0.2) is 27.5 Å². The van der Waals surface area contributed by atoms with Crippen molar-refractivity contribution >= 4 is 32.7 Å². The van der Waals surface area contributed by atoms with E-state index in [9.17, 15) is 21.6 Å². The maximum absolute atomic E-state index is 13.1. The number of anilines is 2. The number of sulfonamides is 1. The smallest absolute Gasteiger partial charge is 0.365 e. The first-order chi connectivity index (χ1) is 11.8. The van der Waals surface area contributed by atoms with Gasteiger partial charge in [0.25, 0.3) is 10.0 Å². The number of fused-ring (bicyclic) bond motifs is 3. The molecule has 0 bridgehead atoms. The molecule has 2 aromatic rings. The zero-order valence-corrected chi connectivity index (χ0v) is 14.7. The van der Waals surface area contributed by atoms with Gasteiger partial charge in [0.2, 0.25) is 0 Å². The molecule has 3 heterocycles. The van der Waals surface area contributed by atoms with Crippen molar-refractivity contribution in [3.63, 3.8) is 0 Å². The number of hydrogen-bond donors (Lipinski definition) is 0. The largest absolute Gasteiger partial charge is 0.416 e. The summed E-state index contributed by atoms with van der Waals surface area (Å²) in [6.45, 7) is 0.907. The van der Waals surface area contributed by atoms with E-state index in [1.165, 1.54) is 12.1 Å². The van der Waals surface area contributed by atoms with E-state index in [4.69, 9.17) is 0 Å². The quantitative estimate of drug-likeness (QED) is 0.782. The molecule has 25 heavy (non-hydrogen) atoms. The number of hydrogen-bond acceptors (Lipinski definition) is 4. The van der Waals surface area contributed by atoms with Gasteiger partial charge in [-0.15, -0.1) is 11.3 Å². The molecule has 0 aliphatic carbocycles. The van der Waals surface area contributed by atoms with E-state index in [0.29, 0.717) is 5.69 Å². The molecule has 1 fully saturated rings. The molecule has 0 unspecified atom stereocenters. The van der Waals surface area contributed by atoms with Crippen molar-refractivity contribution in [2.24, 2.45) is 0 Å². The molecule has 0 amide bonds. The van der Waals surface area contributed by atoms with Crippen LogP contribution < -0.4 is 9.21 Å². The molecule has 4 rings (SSSR count). The number of halogens is 3. The SMILES string of the molecule is O=S(=O)(c1cccs1)N1C[C@@H]2CCCN2c2ccc(C(F)(F)F)cc21. The van der Waals surface area contributed by atoms with Crippen molar-refractivity contribution in [1.82, 2.24) is 0 Å². The summed E-state index contributed by atoms with van der Waals surface area (Å²) in [5.74, 6) is 0. The van der Waals surface area contributed by atoms with Crippen molar-refractivity contribution < 1.29 is 21.6 Å². The van der Waals surface area contributed by atoms with Gasteiger partial charge in [-0.25, -0.2) is 8.42 Å². The van der Waals surface area contributed by atoms with Crippen molar-refractivity contribution in [1.29, 1.82) is 0 Å². The molecule has 2 aliphatic rings. The third-order valence-electron chi connectivity index (χ3n) is 4.67. The Morgan fingerprint density at radius 1 is 1.16 bits per heavy atom. The van der Waals surface area contributed by atoms with Gasteiger partial charge in [-0.05, 0) is 42.5 Å². The highest BCUT2D eigenvalue weighted by Gasteiger charge is 2.41. The minimum Gasteiger partial charge on any atom is -0.365 e. The molecule has 2 aliphatic heterocycles. The van der Waals surface area contributed by atoms with Crippen molar-refractivity contribution in [3.8, 4) is 0 Å². The molecule has 1 atom stereocenters. The van der Waals surface area contributed by atoms with Crippen LogP contribution in [0.15, 0.2) is 39.9 Å². The molecule has 1 saturated heterocycles. The van der Waals surface area contributed by atoms with E-state index in [0.717, 1.165) is 47.2 Å². The first kappa shape index (κ1) is 16.7. The molecule has 4 nitrogen and oxygen atoms in total. The van der Waals surface area contributed by atoms with Gasteiger partial charge in [0.1, 0.15) is 4.21 Å². The van der Waals surface area contributed by atoms with Crippen LogP contribution in [0.3, 0.4) is 0 Å². The third kappa shape index (κ3) is 2.69. The fourth-order valence-corrected chi connectivity index (χ4v) is 6.13. The summed E-state index contributed by atoms with van der Waals surface area (Å²) in [5, 5.41) is 1.64. The van der Waals surface area contributed by atoms with Crippen LogP contribution in [0.1, 0.15) is 18.4 Å². The summed E-state index contributed by atoms with van der Waals surface area (Å²) in [6.07, 6.45) is -2.79. The Bertz CT molecular complexity index is 895. The standard InChI is InChI=1S/C16H15F3N2O2S2/c17-16(18,19)11-5-6-13-14(9-11)21(10-12-3-1-7-20(12)13)25(22,23)15-4-2-8-24-15/h2,4-6,8-9,12H,1,3,7,10H2/t12-/m0/s1. The average Bonchev–Trinajstić information content (AvgIpc) is 3.24. The summed E-state index contributed by atoms with van der Waals surface area (Å²) >= 11 is 1.07. The number of benzene rings is 1. The highest BCUT2D eigenvalue weighted by Crippen LogP contribution is 2.44. The highest BCUT2D eigenvalue weighted by molar-refractivity contribution is 7.94. The van der Waals surface area contributed by atoms with Gasteiger partial charge in [-0.1, -0.05) is 6.07 Å². The molecular weight excluding hydrogens is 373 g/mol. The van der Waals surface area contributed by atoms with Crippen LogP contribution in [0.4, 0.5) is 24.5 Å². The van der Waals surface area contributed by atoms with Crippen molar-refractivity contribution in [3.05, 3.63) is 41.3 Å². The van der Waals surface area contributed by atoms with Gasteiger partial charge in [0.15, 0.2) is 0 Å². The van der Waals surface area contributed by atoms with E-state index in [2.05, 4.69) is 0 Å².